The number of nitro benzene ring substituents is 1. The van der Waals surface area contributed by atoms with Crippen molar-refractivity contribution in [3.8, 4) is 0 Å². The van der Waals surface area contributed by atoms with Crippen LogP contribution in [0, 0.1) is 10.1 Å². The number of rotatable bonds is 8. The Hall–Kier alpha value is -3.48. The molecule has 0 aliphatic carbocycles. The number of carbonyl (C=O) groups excluding carboxylic acids is 2. The monoisotopic (exact) mass is 368 g/mol. The summed E-state index contributed by atoms with van der Waals surface area (Å²) in [7, 11) is 0. The molecule has 0 heterocycles. The Labute approximate surface area is 156 Å². The number of carbonyl (C=O) groups is 2. The van der Waals surface area contributed by atoms with E-state index in [-0.39, 0.29) is 11.6 Å². The van der Waals surface area contributed by atoms with Gasteiger partial charge in [-0.15, -0.1) is 0 Å². The van der Waals surface area contributed by atoms with E-state index in [4.69, 9.17) is 4.74 Å². The molecule has 0 unspecified atom stereocenters. The van der Waals surface area contributed by atoms with Crippen molar-refractivity contribution in [1.82, 2.24) is 0 Å². The third-order valence-electron chi connectivity index (χ3n) is 3.63. The summed E-state index contributed by atoms with van der Waals surface area (Å²) in [6, 6.07) is 12.3. The molecule has 0 spiro atoms. The number of hydrogen-bond acceptors (Lipinski definition) is 5. The fourth-order valence-electron chi connectivity index (χ4n) is 2.18. The lowest BCUT2D eigenvalue weighted by Crippen LogP contribution is -2.10. The van der Waals surface area contributed by atoms with E-state index in [1.807, 2.05) is 6.92 Å². The summed E-state index contributed by atoms with van der Waals surface area (Å²) in [6.07, 6.45) is 4.59. The molecule has 0 fully saturated rings. The molecule has 0 saturated carbocycles. The van der Waals surface area contributed by atoms with Crippen LogP contribution in [0.5, 0.6) is 0 Å². The van der Waals surface area contributed by atoms with E-state index in [0.29, 0.717) is 23.4 Å². The second-order valence-electron chi connectivity index (χ2n) is 5.74. The van der Waals surface area contributed by atoms with Crippen molar-refractivity contribution in [3.05, 3.63) is 75.8 Å². The quantitative estimate of drug-likeness (QED) is 0.247. The first-order valence-electron chi connectivity index (χ1n) is 8.50. The van der Waals surface area contributed by atoms with Gasteiger partial charge in [0.15, 0.2) is 0 Å². The number of esters is 1. The van der Waals surface area contributed by atoms with Gasteiger partial charge in [-0.2, -0.15) is 0 Å². The molecule has 1 amide bonds. The van der Waals surface area contributed by atoms with Gasteiger partial charge in [0.25, 0.3) is 5.69 Å². The van der Waals surface area contributed by atoms with Crippen molar-refractivity contribution in [2.45, 2.75) is 19.8 Å². The fourth-order valence-corrected chi connectivity index (χ4v) is 2.18. The van der Waals surface area contributed by atoms with Gasteiger partial charge in [-0.05, 0) is 48.4 Å². The summed E-state index contributed by atoms with van der Waals surface area (Å²) >= 11 is 0. The lowest BCUT2D eigenvalue weighted by Gasteiger charge is -2.06. The first-order chi connectivity index (χ1) is 13.0. The SMILES string of the molecule is CCCCOC(=O)c1cccc(NC(=O)/C=C/c2ccc([N+](=O)[O-])cc2)c1. The summed E-state index contributed by atoms with van der Waals surface area (Å²) in [6.45, 7) is 2.37. The summed E-state index contributed by atoms with van der Waals surface area (Å²) < 4.78 is 5.15. The first kappa shape index (κ1) is 19.8. The highest BCUT2D eigenvalue weighted by Crippen LogP contribution is 2.14. The van der Waals surface area contributed by atoms with Crippen LogP contribution in [0.25, 0.3) is 6.08 Å². The van der Waals surface area contributed by atoms with E-state index in [0.717, 1.165) is 12.8 Å². The Balaban J connectivity index is 1.96. The predicted octanol–water partition coefficient (Wildman–Crippen LogP) is 4.20. The normalized spacial score (nSPS) is 10.6. The van der Waals surface area contributed by atoms with Crippen molar-refractivity contribution in [3.63, 3.8) is 0 Å². The van der Waals surface area contributed by atoms with E-state index < -0.39 is 10.9 Å². The van der Waals surface area contributed by atoms with Crippen LogP contribution >= 0.6 is 0 Å². The summed E-state index contributed by atoms with van der Waals surface area (Å²) in [5.41, 5.74) is 1.48. The smallest absolute Gasteiger partial charge is 0.338 e. The van der Waals surface area contributed by atoms with E-state index in [1.165, 1.54) is 18.2 Å². The van der Waals surface area contributed by atoms with Gasteiger partial charge in [-0.1, -0.05) is 19.4 Å². The molecule has 0 atom stereocenters. The van der Waals surface area contributed by atoms with Crippen LogP contribution in [0.2, 0.25) is 0 Å². The number of unbranched alkanes of at least 4 members (excludes halogenated alkanes) is 1. The molecule has 27 heavy (non-hydrogen) atoms. The van der Waals surface area contributed by atoms with Crippen LogP contribution in [0.15, 0.2) is 54.6 Å². The molecular weight excluding hydrogens is 348 g/mol. The zero-order valence-corrected chi connectivity index (χ0v) is 14.9. The Kier molecular flexibility index (Phi) is 7.25. The maximum atomic E-state index is 12.0. The number of ether oxygens (including phenoxy) is 1. The molecule has 2 aromatic rings. The lowest BCUT2D eigenvalue weighted by atomic mass is 10.2. The fraction of sp³-hybridized carbons (Fsp3) is 0.200. The Bertz CT molecular complexity index is 844. The lowest BCUT2D eigenvalue weighted by molar-refractivity contribution is -0.384. The highest BCUT2D eigenvalue weighted by Gasteiger charge is 2.08. The molecule has 0 aliphatic rings. The van der Waals surface area contributed by atoms with E-state index in [1.54, 1.807) is 42.5 Å². The van der Waals surface area contributed by atoms with Gasteiger partial charge in [-0.3, -0.25) is 14.9 Å². The van der Waals surface area contributed by atoms with E-state index >= 15 is 0 Å². The summed E-state index contributed by atoms with van der Waals surface area (Å²) in [5, 5.41) is 13.3. The highest BCUT2D eigenvalue weighted by atomic mass is 16.6. The summed E-state index contributed by atoms with van der Waals surface area (Å²) in [5.74, 6) is -0.814. The number of nitro groups is 1. The Morgan fingerprint density at radius 2 is 1.93 bits per heavy atom. The molecule has 2 rings (SSSR count). The minimum atomic E-state index is -0.486. The van der Waals surface area contributed by atoms with Gasteiger partial charge in [0.1, 0.15) is 0 Å². The number of amides is 1. The van der Waals surface area contributed by atoms with Crippen molar-refractivity contribution in [1.29, 1.82) is 0 Å². The van der Waals surface area contributed by atoms with Gasteiger partial charge in [0.2, 0.25) is 5.91 Å². The largest absolute Gasteiger partial charge is 0.462 e. The predicted molar refractivity (Wildman–Crippen MR) is 102 cm³/mol. The van der Waals surface area contributed by atoms with Gasteiger partial charge in [-0.25, -0.2) is 4.79 Å². The molecule has 0 aliphatic heterocycles. The van der Waals surface area contributed by atoms with Gasteiger partial charge < -0.3 is 10.1 Å². The minimum Gasteiger partial charge on any atom is -0.462 e. The van der Waals surface area contributed by atoms with Crippen LogP contribution in [0.3, 0.4) is 0 Å². The third kappa shape index (κ3) is 6.39. The number of hydrogen-bond donors (Lipinski definition) is 1. The number of benzene rings is 2. The van der Waals surface area contributed by atoms with E-state index in [9.17, 15) is 19.7 Å². The maximum Gasteiger partial charge on any atom is 0.338 e. The maximum absolute atomic E-state index is 12.0. The van der Waals surface area contributed by atoms with Gasteiger partial charge >= 0.3 is 5.97 Å². The molecule has 140 valence electrons. The first-order valence-corrected chi connectivity index (χ1v) is 8.50. The highest BCUT2D eigenvalue weighted by molar-refractivity contribution is 6.02. The van der Waals surface area contributed by atoms with Gasteiger partial charge in [0.05, 0.1) is 17.1 Å². The average molecular weight is 368 g/mol. The average Bonchev–Trinajstić information content (AvgIpc) is 2.67. The number of anilines is 1. The van der Waals surface area contributed by atoms with Crippen molar-refractivity contribution in [2.75, 3.05) is 11.9 Å². The molecule has 2 aromatic carbocycles. The molecule has 0 bridgehead atoms. The van der Waals surface area contributed by atoms with Crippen LogP contribution in [-0.2, 0) is 9.53 Å². The summed E-state index contributed by atoms with van der Waals surface area (Å²) in [4.78, 5) is 34.1. The van der Waals surface area contributed by atoms with Gasteiger partial charge in [0, 0.05) is 23.9 Å². The van der Waals surface area contributed by atoms with E-state index in [2.05, 4.69) is 5.32 Å². The molecule has 7 nitrogen and oxygen atoms in total. The molecule has 0 aromatic heterocycles. The second kappa shape index (κ2) is 9.86. The zero-order chi connectivity index (χ0) is 19.6. The molecule has 0 saturated heterocycles. The molecule has 0 radical (unpaired) electrons. The third-order valence-corrected chi connectivity index (χ3v) is 3.63. The number of non-ortho nitro benzene ring substituents is 1. The zero-order valence-electron chi connectivity index (χ0n) is 14.9. The molecular formula is C20H20N2O5. The number of nitrogens with zero attached hydrogens (tertiary/aromatic N) is 1. The van der Waals surface area contributed by atoms with Crippen molar-refractivity contribution in [2.24, 2.45) is 0 Å². The van der Waals surface area contributed by atoms with Crippen LogP contribution < -0.4 is 5.32 Å². The van der Waals surface area contributed by atoms with Crippen molar-refractivity contribution >= 4 is 29.3 Å². The number of nitrogens with one attached hydrogen (secondary N) is 1. The molecule has 1 N–H and O–H groups in total. The molecule has 7 heteroatoms. The van der Waals surface area contributed by atoms with Crippen LogP contribution in [0.4, 0.5) is 11.4 Å². The second-order valence-corrected chi connectivity index (χ2v) is 5.74. The minimum absolute atomic E-state index is 0.0146. The standard InChI is InChI=1S/C20H20N2O5/c1-2-3-13-27-20(24)16-5-4-6-17(14-16)21-19(23)12-9-15-7-10-18(11-8-15)22(25)26/h4-12,14H,2-3,13H2,1H3,(H,21,23)/b12-9+. The van der Waals surface area contributed by atoms with Crippen LogP contribution in [-0.4, -0.2) is 23.4 Å². The Morgan fingerprint density at radius 3 is 2.59 bits per heavy atom. The topological polar surface area (TPSA) is 98.5 Å². The Morgan fingerprint density at radius 1 is 1.19 bits per heavy atom. The van der Waals surface area contributed by atoms with Crippen LogP contribution in [0.1, 0.15) is 35.7 Å². The van der Waals surface area contributed by atoms with Crippen molar-refractivity contribution < 1.29 is 19.2 Å².